The van der Waals surface area contributed by atoms with Gasteiger partial charge in [-0.25, -0.2) is 0 Å². The van der Waals surface area contributed by atoms with Gasteiger partial charge in [-0.1, -0.05) is 11.6 Å². The Labute approximate surface area is 122 Å². The van der Waals surface area contributed by atoms with E-state index in [0.717, 1.165) is 0 Å². The van der Waals surface area contributed by atoms with Crippen LogP contribution in [0.3, 0.4) is 0 Å². The lowest BCUT2D eigenvalue weighted by molar-refractivity contribution is 0.0261. The van der Waals surface area contributed by atoms with Gasteiger partial charge in [0.05, 0.1) is 25.4 Å². The van der Waals surface area contributed by atoms with Crippen molar-refractivity contribution in [2.45, 2.75) is 11.6 Å². The van der Waals surface area contributed by atoms with Crippen molar-refractivity contribution in [3.63, 3.8) is 0 Å². The predicted molar refractivity (Wildman–Crippen MR) is 74.9 cm³/mol. The maximum atomic E-state index is 9.76. The average molecular weight is 306 g/mol. The van der Waals surface area contributed by atoms with Crippen LogP contribution in [0.4, 0.5) is 0 Å². The monoisotopic (exact) mass is 305 g/mol. The number of aliphatic hydroxyl groups excluding tert-OH is 4. The molecule has 1 aromatic rings. The number of hydrogen-bond donors (Lipinski definition) is 5. The minimum atomic E-state index is -1.21. The molecule has 6 nitrogen and oxygen atoms in total. The highest BCUT2D eigenvalue weighted by Gasteiger charge is 2.28. The van der Waals surface area contributed by atoms with Crippen LogP contribution in [0.25, 0.3) is 0 Å². The van der Waals surface area contributed by atoms with E-state index in [0.29, 0.717) is 10.8 Å². The molecule has 0 radical (unpaired) electrons. The van der Waals surface area contributed by atoms with Crippen LogP contribution in [0.15, 0.2) is 24.3 Å². The Kier molecular flexibility index (Phi) is 7.22. The van der Waals surface area contributed by atoms with E-state index in [2.05, 4.69) is 5.32 Å². The smallest absolute Gasteiger partial charge is 0.119 e. The first-order valence-corrected chi connectivity index (χ1v) is 6.57. The molecular formula is C13H20ClNO5. The Bertz CT molecular complexity index is 375. The number of rotatable bonds is 9. The molecule has 20 heavy (non-hydrogen) atoms. The van der Waals surface area contributed by atoms with E-state index >= 15 is 0 Å². The normalized spacial score (nSPS) is 13.2. The van der Waals surface area contributed by atoms with Crippen molar-refractivity contribution in [2.75, 3.05) is 33.0 Å². The zero-order valence-corrected chi connectivity index (χ0v) is 11.8. The van der Waals surface area contributed by atoms with Crippen molar-refractivity contribution in [3.05, 3.63) is 29.3 Å². The van der Waals surface area contributed by atoms with Gasteiger partial charge >= 0.3 is 0 Å². The van der Waals surface area contributed by atoms with Crippen molar-refractivity contribution >= 4 is 11.6 Å². The molecule has 0 fully saturated rings. The fourth-order valence-electron chi connectivity index (χ4n) is 1.43. The molecular weight excluding hydrogens is 286 g/mol. The fourth-order valence-corrected chi connectivity index (χ4v) is 1.56. The highest BCUT2D eigenvalue weighted by Crippen LogP contribution is 2.15. The Morgan fingerprint density at radius 3 is 2.15 bits per heavy atom. The van der Waals surface area contributed by atoms with Gasteiger partial charge < -0.3 is 30.5 Å². The van der Waals surface area contributed by atoms with Crippen molar-refractivity contribution in [1.29, 1.82) is 0 Å². The average Bonchev–Trinajstić information content (AvgIpc) is 2.48. The number of β-amino-alcohol motifs (C(OH)–C–C–N with tert-alkyl or cyclic N) is 1. The molecule has 0 amide bonds. The first kappa shape index (κ1) is 17.2. The molecule has 0 aromatic heterocycles. The van der Waals surface area contributed by atoms with Gasteiger partial charge in [0, 0.05) is 11.6 Å². The van der Waals surface area contributed by atoms with E-state index in [-0.39, 0.29) is 13.2 Å². The summed E-state index contributed by atoms with van der Waals surface area (Å²) in [6.07, 6.45) is -0.852. The second-order valence-corrected chi connectivity index (χ2v) is 4.99. The van der Waals surface area contributed by atoms with Gasteiger partial charge in [-0.05, 0) is 24.3 Å². The first-order valence-electron chi connectivity index (χ1n) is 6.19. The van der Waals surface area contributed by atoms with Gasteiger partial charge in [-0.15, -0.1) is 0 Å². The van der Waals surface area contributed by atoms with E-state index in [9.17, 15) is 5.11 Å². The molecule has 5 N–H and O–H groups in total. The van der Waals surface area contributed by atoms with E-state index in [4.69, 9.17) is 31.7 Å². The molecule has 1 atom stereocenters. The van der Waals surface area contributed by atoms with Gasteiger partial charge in [0.15, 0.2) is 0 Å². The molecule has 0 aliphatic rings. The topological polar surface area (TPSA) is 102 Å². The Hall–Kier alpha value is -0.890. The summed E-state index contributed by atoms with van der Waals surface area (Å²) >= 11 is 5.74. The fraction of sp³-hybridized carbons (Fsp3) is 0.538. The lowest BCUT2D eigenvalue weighted by atomic mass is 10.0. The van der Waals surface area contributed by atoms with E-state index in [1.165, 1.54) is 0 Å². The van der Waals surface area contributed by atoms with Crippen molar-refractivity contribution in [1.82, 2.24) is 5.32 Å². The summed E-state index contributed by atoms with van der Waals surface area (Å²) in [6, 6.07) is 6.72. The van der Waals surface area contributed by atoms with Crippen LogP contribution in [0.5, 0.6) is 5.75 Å². The molecule has 0 spiro atoms. The number of halogens is 1. The van der Waals surface area contributed by atoms with Crippen LogP contribution in [-0.4, -0.2) is 65.0 Å². The van der Waals surface area contributed by atoms with Crippen LogP contribution in [0, 0.1) is 0 Å². The lowest BCUT2D eigenvalue weighted by Gasteiger charge is -2.29. The summed E-state index contributed by atoms with van der Waals surface area (Å²) in [4.78, 5) is 0. The molecule has 0 aliphatic heterocycles. The van der Waals surface area contributed by atoms with Gasteiger partial charge in [0.25, 0.3) is 0 Å². The summed E-state index contributed by atoms with van der Waals surface area (Å²) < 4.78 is 5.35. The quantitative estimate of drug-likeness (QED) is 0.417. The Balaban J connectivity index is 2.36. The maximum Gasteiger partial charge on any atom is 0.119 e. The van der Waals surface area contributed by atoms with Gasteiger partial charge in [-0.2, -0.15) is 0 Å². The second-order valence-electron chi connectivity index (χ2n) is 4.55. The zero-order valence-electron chi connectivity index (χ0n) is 11.0. The summed E-state index contributed by atoms with van der Waals surface area (Å²) in [6.45, 7) is -1.22. The minimum Gasteiger partial charge on any atom is -0.491 e. The highest BCUT2D eigenvalue weighted by atomic mass is 35.5. The van der Waals surface area contributed by atoms with E-state index in [1.54, 1.807) is 24.3 Å². The SMILES string of the molecule is OCC(CO)(CO)NCC(O)COc1ccc(Cl)cc1. The molecule has 7 heteroatoms. The molecule has 0 saturated carbocycles. The summed E-state index contributed by atoms with van der Waals surface area (Å²) in [7, 11) is 0. The maximum absolute atomic E-state index is 9.76. The highest BCUT2D eigenvalue weighted by molar-refractivity contribution is 6.30. The van der Waals surface area contributed by atoms with E-state index in [1.807, 2.05) is 0 Å². The molecule has 1 aromatic carbocycles. The lowest BCUT2D eigenvalue weighted by Crippen LogP contribution is -2.57. The number of benzene rings is 1. The molecule has 1 rings (SSSR count). The zero-order chi connectivity index (χ0) is 15.0. The molecule has 0 aliphatic carbocycles. The summed E-state index contributed by atoms with van der Waals surface area (Å²) in [5.41, 5.74) is -1.21. The summed E-state index contributed by atoms with van der Waals surface area (Å²) in [5, 5.41) is 40.4. The molecule has 0 bridgehead atoms. The third-order valence-corrected chi connectivity index (χ3v) is 3.13. The number of aliphatic hydroxyl groups is 4. The third kappa shape index (κ3) is 5.24. The molecule has 0 saturated heterocycles. The van der Waals surface area contributed by atoms with Crippen molar-refractivity contribution in [2.24, 2.45) is 0 Å². The van der Waals surface area contributed by atoms with Gasteiger partial charge in [0.2, 0.25) is 0 Å². The second kappa shape index (κ2) is 8.41. The van der Waals surface area contributed by atoms with Crippen LogP contribution < -0.4 is 10.1 Å². The first-order chi connectivity index (χ1) is 9.55. The van der Waals surface area contributed by atoms with Crippen molar-refractivity contribution < 1.29 is 25.2 Å². The Morgan fingerprint density at radius 1 is 1.10 bits per heavy atom. The molecule has 1 unspecified atom stereocenters. The predicted octanol–water partition coefficient (Wildman–Crippen LogP) is -0.615. The standard InChI is InChI=1S/C13H20ClNO5/c14-10-1-3-12(4-2-10)20-6-11(19)5-15-13(7-16,8-17)9-18/h1-4,11,15-19H,5-9H2. The van der Waals surface area contributed by atoms with Crippen LogP contribution in [0.2, 0.25) is 5.02 Å². The minimum absolute atomic E-state index is 0.0347. The van der Waals surface area contributed by atoms with Gasteiger partial charge in [0.1, 0.15) is 18.5 Å². The van der Waals surface area contributed by atoms with E-state index < -0.39 is 31.5 Å². The number of ether oxygens (including phenoxy) is 1. The Morgan fingerprint density at radius 2 is 1.65 bits per heavy atom. The molecule has 0 heterocycles. The van der Waals surface area contributed by atoms with Gasteiger partial charge in [-0.3, -0.25) is 0 Å². The summed E-state index contributed by atoms with van der Waals surface area (Å²) in [5.74, 6) is 0.575. The van der Waals surface area contributed by atoms with Crippen molar-refractivity contribution in [3.8, 4) is 5.75 Å². The van der Waals surface area contributed by atoms with Crippen LogP contribution >= 0.6 is 11.6 Å². The third-order valence-electron chi connectivity index (χ3n) is 2.88. The number of hydrogen-bond acceptors (Lipinski definition) is 6. The van der Waals surface area contributed by atoms with Crippen LogP contribution in [-0.2, 0) is 0 Å². The van der Waals surface area contributed by atoms with Crippen LogP contribution in [0.1, 0.15) is 0 Å². The molecule has 114 valence electrons. The number of nitrogens with one attached hydrogen (secondary N) is 1. The largest absolute Gasteiger partial charge is 0.491 e.